The van der Waals surface area contributed by atoms with Crippen LogP contribution in [0.4, 0.5) is 0 Å². The van der Waals surface area contributed by atoms with E-state index >= 15 is 0 Å². The van der Waals surface area contributed by atoms with E-state index in [4.69, 9.17) is 12.4 Å². The van der Waals surface area contributed by atoms with Crippen LogP contribution in [0.15, 0.2) is 97.1 Å². The molecule has 0 atom stereocenters. The van der Waals surface area contributed by atoms with Crippen LogP contribution in [-0.4, -0.2) is 30.6 Å². The Morgan fingerprint density at radius 1 is 0.515 bits per heavy atom. The van der Waals surface area contributed by atoms with Crippen LogP contribution in [0.1, 0.15) is 22.3 Å². The maximum absolute atomic E-state index is 6.19. The number of hydrogen-bond acceptors (Lipinski definition) is 3. The molecule has 0 saturated heterocycles. The van der Waals surface area contributed by atoms with Crippen LogP contribution in [0.3, 0.4) is 0 Å². The summed E-state index contributed by atoms with van der Waals surface area (Å²) in [6.45, 7) is 5.28. The molecule has 0 amide bonds. The topological polar surface area (TPSA) is 27.7 Å². The number of para-hydroxylation sites is 2. The molecule has 0 heterocycles. The number of aryl methyl sites for hydroxylation is 2. The first-order valence-electron chi connectivity index (χ1n) is 10.7. The van der Waals surface area contributed by atoms with Gasteiger partial charge in [-0.05, 0) is 0 Å². The Balaban J connectivity index is 1.33. The van der Waals surface area contributed by atoms with Crippen LogP contribution in [-0.2, 0) is 16.1 Å². The van der Waals surface area contributed by atoms with E-state index in [1.165, 1.54) is 11.1 Å². The van der Waals surface area contributed by atoms with Crippen molar-refractivity contribution in [1.82, 2.24) is 0 Å². The van der Waals surface area contributed by atoms with Crippen molar-refractivity contribution in [2.45, 2.75) is 27.1 Å². The van der Waals surface area contributed by atoms with Gasteiger partial charge in [-0.1, -0.05) is 0 Å². The monoisotopic (exact) mass is 570 g/mol. The summed E-state index contributed by atoms with van der Waals surface area (Å²) in [6, 6.07) is 33.1. The summed E-state index contributed by atoms with van der Waals surface area (Å²) in [4.78, 5) is 0. The zero-order chi connectivity index (χ0) is 22.9. The molecule has 0 aliphatic rings. The standard InChI is InChI=1S/C28H26O3Se2/c1-21-11-15-23(16-12-21)19-29-25-7-3-5-9-27(25)32-31-33-28-10-6-4-8-26(28)30-20-24-17-13-22(2)14-18-24/h3-18H,19-20H2,1-2H3. The van der Waals surface area contributed by atoms with Crippen LogP contribution in [0.25, 0.3) is 0 Å². The van der Waals surface area contributed by atoms with E-state index < -0.39 is 0 Å². The first-order valence-corrected chi connectivity index (χ1v) is 13.8. The third kappa shape index (κ3) is 7.23. The second-order valence-corrected chi connectivity index (χ2v) is 12.0. The average Bonchev–Trinajstić information content (AvgIpc) is 2.85. The van der Waals surface area contributed by atoms with Crippen molar-refractivity contribution in [3.05, 3.63) is 119 Å². The van der Waals surface area contributed by atoms with Gasteiger partial charge in [0.25, 0.3) is 0 Å². The van der Waals surface area contributed by atoms with Gasteiger partial charge < -0.3 is 0 Å². The summed E-state index contributed by atoms with van der Waals surface area (Å²) in [5.74, 6) is 1.77. The number of ether oxygens (including phenoxy) is 2. The van der Waals surface area contributed by atoms with Gasteiger partial charge in [-0.15, -0.1) is 0 Å². The molecule has 4 aromatic rings. The predicted molar refractivity (Wildman–Crippen MR) is 136 cm³/mol. The Hall–Kier alpha value is -2.52. The van der Waals surface area contributed by atoms with E-state index in [-0.39, 0.29) is 30.6 Å². The second-order valence-electron chi connectivity index (χ2n) is 7.68. The van der Waals surface area contributed by atoms with Crippen molar-refractivity contribution in [1.29, 1.82) is 0 Å². The van der Waals surface area contributed by atoms with Gasteiger partial charge in [-0.3, -0.25) is 0 Å². The molecule has 0 spiro atoms. The zero-order valence-electron chi connectivity index (χ0n) is 18.7. The Kier molecular flexibility index (Phi) is 8.65. The van der Waals surface area contributed by atoms with E-state index in [1.54, 1.807) is 0 Å². The quantitative estimate of drug-likeness (QED) is 0.261. The molecule has 4 aromatic carbocycles. The summed E-state index contributed by atoms with van der Waals surface area (Å²) in [5.41, 5.74) is 4.82. The molecule has 168 valence electrons. The molecule has 33 heavy (non-hydrogen) atoms. The first-order chi connectivity index (χ1) is 16.2. The van der Waals surface area contributed by atoms with E-state index in [9.17, 15) is 0 Å². The zero-order valence-corrected chi connectivity index (χ0v) is 22.1. The number of benzene rings is 4. The molecular weight excluding hydrogens is 542 g/mol. The second kappa shape index (κ2) is 12.1. The van der Waals surface area contributed by atoms with Crippen molar-refractivity contribution in [2.75, 3.05) is 0 Å². The summed E-state index contributed by atoms with van der Waals surface area (Å²) < 4.78 is 20.6. The van der Waals surface area contributed by atoms with Crippen molar-refractivity contribution in [2.24, 2.45) is 0 Å². The Morgan fingerprint density at radius 3 is 1.33 bits per heavy atom. The molecule has 0 N–H and O–H groups in total. The predicted octanol–water partition coefficient (Wildman–Crippen LogP) is 4.67. The van der Waals surface area contributed by atoms with Gasteiger partial charge in [0.15, 0.2) is 0 Å². The fourth-order valence-corrected chi connectivity index (χ4v) is 6.85. The van der Waals surface area contributed by atoms with Crippen molar-refractivity contribution >= 4 is 39.5 Å². The summed E-state index contributed by atoms with van der Waals surface area (Å²) in [7, 11) is 0. The number of rotatable bonds is 10. The molecule has 0 unspecified atom stereocenters. The van der Waals surface area contributed by atoms with Crippen LogP contribution < -0.4 is 18.4 Å². The van der Waals surface area contributed by atoms with E-state index in [2.05, 4.69) is 74.5 Å². The molecule has 0 bridgehead atoms. The molecule has 0 saturated carbocycles. The first kappa shape index (κ1) is 23.6. The molecular formula is C28H26O3Se2. The third-order valence-electron chi connectivity index (χ3n) is 4.98. The van der Waals surface area contributed by atoms with Gasteiger partial charge in [0.05, 0.1) is 0 Å². The minimum atomic E-state index is -0.145. The van der Waals surface area contributed by atoms with Gasteiger partial charge >= 0.3 is 210 Å². The molecule has 4 rings (SSSR count). The molecule has 0 aliphatic carbocycles. The molecule has 0 aromatic heterocycles. The Bertz CT molecular complexity index is 1070. The SMILES string of the molecule is Cc1ccc(COc2ccccc2[Se]O[Se]c2ccccc2OCc2ccc(C)cc2)cc1. The third-order valence-corrected chi connectivity index (χ3v) is 8.91. The van der Waals surface area contributed by atoms with Gasteiger partial charge in [0.1, 0.15) is 0 Å². The fraction of sp³-hybridized carbons (Fsp3) is 0.143. The van der Waals surface area contributed by atoms with Gasteiger partial charge in [0, 0.05) is 0 Å². The van der Waals surface area contributed by atoms with E-state index in [1.807, 2.05) is 36.4 Å². The van der Waals surface area contributed by atoms with Crippen molar-refractivity contribution < 1.29 is 12.4 Å². The minimum absolute atomic E-state index is 0.145. The van der Waals surface area contributed by atoms with E-state index in [0.717, 1.165) is 31.5 Å². The van der Waals surface area contributed by atoms with Crippen LogP contribution >= 0.6 is 0 Å². The van der Waals surface area contributed by atoms with Crippen molar-refractivity contribution in [3.8, 4) is 11.5 Å². The van der Waals surface area contributed by atoms with Crippen molar-refractivity contribution in [3.63, 3.8) is 0 Å². The van der Waals surface area contributed by atoms with Crippen LogP contribution in [0.5, 0.6) is 11.5 Å². The van der Waals surface area contributed by atoms with Gasteiger partial charge in [-0.2, -0.15) is 0 Å². The fourth-order valence-electron chi connectivity index (χ4n) is 3.06. The molecule has 3 nitrogen and oxygen atoms in total. The molecule has 0 radical (unpaired) electrons. The Labute approximate surface area is 209 Å². The molecule has 5 heteroatoms. The normalized spacial score (nSPS) is 10.7. The summed E-state index contributed by atoms with van der Waals surface area (Å²) in [5, 5.41) is 0. The summed E-state index contributed by atoms with van der Waals surface area (Å²) >= 11 is -0.290. The van der Waals surface area contributed by atoms with Gasteiger partial charge in [0.2, 0.25) is 0 Å². The van der Waals surface area contributed by atoms with Crippen LogP contribution in [0, 0.1) is 13.8 Å². The number of hydrogen-bond donors (Lipinski definition) is 0. The van der Waals surface area contributed by atoms with Crippen LogP contribution in [0.2, 0.25) is 0 Å². The summed E-state index contributed by atoms with van der Waals surface area (Å²) in [6.07, 6.45) is 0. The van der Waals surface area contributed by atoms with Gasteiger partial charge in [-0.25, -0.2) is 0 Å². The molecule has 0 fully saturated rings. The molecule has 0 aliphatic heterocycles. The van der Waals surface area contributed by atoms with E-state index in [0.29, 0.717) is 13.2 Å². The maximum atomic E-state index is 6.19. The average molecular weight is 568 g/mol. The Morgan fingerprint density at radius 2 is 0.909 bits per heavy atom.